The van der Waals surface area contributed by atoms with Crippen LogP contribution in [0, 0.1) is 0 Å². The highest BCUT2D eigenvalue weighted by molar-refractivity contribution is 6.04. The summed E-state index contributed by atoms with van der Waals surface area (Å²) in [5.41, 5.74) is 4.83. The van der Waals surface area contributed by atoms with E-state index in [1.807, 2.05) is 48.5 Å². The maximum atomic E-state index is 12.4. The first-order chi connectivity index (χ1) is 14.7. The lowest BCUT2D eigenvalue weighted by Gasteiger charge is -2.07. The van der Waals surface area contributed by atoms with E-state index < -0.39 is 0 Å². The number of imidazole rings is 1. The number of nitrogens with zero attached hydrogens (tertiary/aromatic N) is 1. The SMILES string of the molecule is COc1ccc(-c2ncc(-c3ccc(NC(=O)c4ccc(CO)cc4)cc3)[nH]2)cc1.Cl. The van der Waals surface area contributed by atoms with Gasteiger partial charge in [0.2, 0.25) is 0 Å². The first-order valence-corrected chi connectivity index (χ1v) is 9.47. The van der Waals surface area contributed by atoms with Gasteiger partial charge in [0.1, 0.15) is 11.6 Å². The van der Waals surface area contributed by atoms with Crippen molar-refractivity contribution in [2.75, 3.05) is 12.4 Å². The highest BCUT2D eigenvalue weighted by Crippen LogP contribution is 2.25. The Morgan fingerprint density at radius 1 is 0.968 bits per heavy atom. The number of aromatic amines is 1. The van der Waals surface area contributed by atoms with E-state index in [0.29, 0.717) is 11.3 Å². The number of carbonyl (C=O) groups excluding carboxylic acids is 1. The van der Waals surface area contributed by atoms with Crippen molar-refractivity contribution < 1.29 is 14.6 Å². The second kappa shape index (κ2) is 9.93. The monoisotopic (exact) mass is 435 g/mol. The normalized spacial score (nSPS) is 10.3. The lowest BCUT2D eigenvalue weighted by molar-refractivity contribution is 0.102. The van der Waals surface area contributed by atoms with Gasteiger partial charge in [-0.05, 0) is 59.7 Å². The largest absolute Gasteiger partial charge is 0.497 e. The summed E-state index contributed by atoms with van der Waals surface area (Å²) in [6.45, 7) is -0.0445. The molecule has 7 heteroatoms. The van der Waals surface area contributed by atoms with Crippen LogP contribution in [0.5, 0.6) is 5.75 Å². The molecule has 6 nitrogen and oxygen atoms in total. The average molecular weight is 436 g/mol. The number of amides is 1. The van der Waals surface area contributed by atoms with Crippen molar-refractivity contribution in [2.24, 2.45) is 0 Å². The molecule has 0 bridgehead atoms. The van der Waals surface area contributed by atoms with Gasteiger partial charge >= 0.3 is 0 Å². The van der Waals surface area contributed by atoms with Crippen molar-refractivity contribution in [1.29, 1.82) is 0 Å². The minimum absolute atomic E-state index is 0. The summed E-state index contributed by atoms with van der Waals surface area (Å²) in [4.78, 5) is 20.2. The zero-order chi connectivity index (χ0) is 20.9. The van der Waals surface area contributed by atoms with Gasteiger partial charge in [-0.15, -0.1) is 12.4 Å². The van der Waals surface area contributed by atoms with Gasteiger partial charge < -0.3 is 20.1 Å². The second-order valence-electron chi connectivity index (χ2n) is 6.76. The lowest BCUT2D eigenvalue weighted by Crippen LogP contribution is -2.11. The highest BCUT2D eigenvalue weighted by atomic mass is 35.5. The zero-order valence-electron chi connectivity index (χ0n) is 16.8. The molecule has 0 aliphatic carbocycles. The van der Waals surface area contributed by atoms with Gasteiger partial charge in [-0.2, -0.15) is 0 Å². The number of aliphatic hydroxyl groups is 1. The molecular weight excluding hydrogens is 414 g/mol. The molecule has 31 heavy (non-hydrogen) atoms. The molecule has 0 spiro atoms. The number of aromatic nitrogens is 2. The molecule has 158 valence electrons. The van der Waals surface area contributed by atoms with Crippen LogP contribution >= 0.6 is 12.4 Å². The van der Waals surface area contributed by atoms with Crippen LogP contribution < -0.4 is 10.1 Å². The predicted octanol–water partition coefficient (Wildman–Crippen LogP) is 4.92. The van der Waals surface area contributed by atoms with E-state index in [9.17, 15) is 4.79 Å². The van der Waals surface area contributed by atoms with Gasteiger partial charge in [0.25, 0.3) is 5.91 Å². The minimum Gasteiger partial charge on any atom is -0.497 e. The van der Waals surface area contributed by atoms with E-state index in [0.717, 1.165) is 34.0 Å². The molecule has 0 saturated carbocycles. The number of nitrogens with one attached hydrogen (secondary N) is 2. The summed E-state index contributed by atoms with van der Waals surface area (Å²) in [6, 6.07) is 22.1. The Kier molecular flexibility index (Phi) is 7.07. The Bertz CT molecular complexity index is 1140. The fourth-order valence-electron chi connectivity index (χ4n) is 3.06. The van der Waals surface area contributed by atoms with E-state index in [-0.39, 0.29) is 24.9 Å². The van der Waals surface area contributed by atoms with E-state index in [1.165, 1.54) is 0 Å². The summed E-state index contributed by atoms with van der Waals surface area (Å²) in [5, 5.41) is 12.0. The summed E-state index contributed by atoms with van der Waals surface area (Å²) < 4.78 is 5.19. The van der Waals surface area contributed by atoms with Crippen molar-refractivity contribution in [2.45, 2.75) is 6.61 Å². The molecule has 0 aliphatic rings. The first-order valence-electron chi connectivity index (χ1n) is 9.47. The molecule has 0 saturated heterocycles. The van der Waals surface area contributed by atoms with Gasteiger partial charge in [0, 0.05) is 16.8 Å². The molecule has 0 radical (unpaired) electrons. The fraction of sp³-hybridized carbons (Fsp3) is 0.0833. The first kappa shape index (κ1) is 22.1. The molecule has 1 aromatic heterocycles. The number of hydrogen-bond donors (Lipinski definition) is 3. The molecule has 4 rings (SSSR count). The van der Waals surface area contributed by atoms with E-state index in [1.54, 1.807) is 37.6 Å². The summed E-state index contributed by atoms with van der Waals surface area (Å²) >= 11 is 0. The maximum Gasteiger partial charge on any atom is 0.255 e. The van der Waals surface area contributed by atoms with Crippen LogP contribution in [0.1, 0.15) is 15.9 Å². The average Bonchev–Trinajstić information content (AvgIpc) is 3.30. The maximum absolute atomic E-state index is 12.4. The third-order valence-corrected chi connectivity index (χ3v) is 4.79. The molecule has 1 amide bonds. The number of benzene rings is 3. The van der Waals surface area contributed by atoms with Gasteiger partial charge in [0.05, 0.1) is 25.6 Å². The highest BCUT2D eigenvalue weighted by Gasteiger charge is 2.08. The Hall–Kier alpha value is -3.61. The van der Waals surface area contributed by atoms with E-state index >= 15 is 0 Å². The van der Waals surface area contributed by atoms with Gasteiger partial charge in [-0.3, -0.25) is 4.79 Å². The van der Waals surface area contributed by atoms with Crippen molar-refractivity contribution >= 4 is 24.0 Å². The van der Waals surface area contributed by atoms with Crippen LogP contribution in [0.15, 0.2) is 79.0 Å². The van der Waals surface area contributed by atoms with Gasteiger partial charge in [-0.1, -0.05) is 24.3 Å². The number of halogens is 1. The molecular formula is C24H22ClN3O3. The van der Waals surface area contributed by atoms with Gasteiger partial charge in [0.15, 0.2) is 0 Å². The number of methoxy groups -OCH3 is 1. The van der Waals surface area contributed by atoms with Crippen LogP contribution in [-0.4, -0.2) is 28.1 Å². The van der Waals surface area contributed by atoms with Crippen molar-refractivity contribution in [3.8, 4) is 28.4 Å². The number of anilines is 1. The van der Waals surface area contributed by atoms with Crippen molar-refractivity contribution in [1.82, 2.24) is 9.97 Å². The second-order valence-corrected chi connectivity index (χ2v) is 6.76. The molecule has 1 heterocycles. The number of carbonyl (C=O) groups is 1. The standard InChI is InChI=1S/C24H21N3O3.ClH/c1-30-21-12-8-18(9-13-21)23-25-14-22(27-23)17-6-10-20(11-7-17)26-24(29)19-4-2-16(15-28)3-5-19;/h2-14,28H,15H2,1H3,(H,25,27)(H,26,29);1H. The van der Waals surface area contributed by atoms with Crippen LogP contribution in [-0.2, 0) is 6.61 Å². The van der Waals surface area contributed by atoms with Crippen molar-refractivity contribution in [3.05, 3.63) is 90.1 Å². The summed E-state index contributed by atoms with van der Waals surface area (Å²) in [5.74, 6) is 1.37. The molecule has 0 atom stereocenters. The van der Waals surface area contributed by atoms with Crippen LogP contribution in [0.25, 0.3) is 22.6 Å². The fourth-order valence-corrected chi connectivity index (χ4v) is 3.06. The summed E-state index contributed by atoms with van der Waals surface area (Å²) in [7, 11) is 1.64. The van der Waals surface area contributed by atoms with Crippen LogP contribution in [0.2, 0.25) is 0 Å². The molecule has 0 fully saturated rings. The number of rotatable bonds is 6. The molecule has 0 unspecified atom stereocenters. The topological polar surface area (TPSA) is 87.2 Å². The Morgan fingerprint density at radius 2 is 1.61 bits per heavy atom. The van der Waals surface area contributed by atoms with E-state index in [4.69, 9.17) is 9.84 Å². The predicted molar refractivity (Wildman–Crippen MR) is 124 cm³/mol. The molecule has 4 aromatic rings. The number of aliphatic hydroxyl groups excluding tert-OH is 1. The lowest BCUT2D eigenvalue weighted by atomic mass is 10.1. The number of ether oxygens (including phenoxy) is 1. The Balaban J connectivity index is 0.00000272. The van der Waals surface area contributed by atoms with Crippen molar-refractivity contribution in [3.63, 3.8) is 0 Å². The Morgan fingerprint density at radius 3 is 2.23 bits per heavy atom. The van der Waals surface area contributed by atoms with Gasteiger partial charge in [-0.25, -0.2) is 4.98 Å². The Labute approximate surface area is 186 Å². The minimum atomic E-state index is -0.199. The van der Waals surface area contributed by atoms with Crippen LogP contribution in [0.3, 0.4) is 0 Å². The molecule has 0 aliphatic heterocycles. The third-order valence-electron chi connectivity index (χ3n) is 4.79. The number of H-pyrrole nitrogens is 1. The van der Waals surface area contributed by atoms with Crippen LogP contribution in [0.4, 0.5) is 5.69 Å². The molecule has 3 aromatic carbocycles. The number of hydrogen-bond acceptors (Lipinski definition) is 4. The summed E-state index contributed by atoms with van der Waals surface area (Å²) in [6.07, 6.45) is 1.79. The van der Waals surface area contributed by atoms with E-state index in [2.05, 4.69) is 15.3 Å². The third kappa shape index (κ3) is 5.12. The smallest absolute Gasteiger partial charge is 0.255 e. The quantitative estimate of drug-likeness (QED) is 0.401. The zero-order valence-corrected chi connectivity index (χ0v) is 17.6. The molecule has 3 N–H and O–H groups in total.